The summed E-state index contributed by atoms with van der Waals surface area (Å²) in [5.74, 6) is -1.43. The molecule has 8 nitrogen and oxygen atoms in total. The fraction of sp³-hybridized carbons (Fsp3) is 0.323. The Hall–Kier alpha value is -2.98. The molecular formula is C31H28Cl3NO7. The summed E-state index contributed by atoms with van der Waals surface area (Å²) < 4.78 is 16.9. The summed E-state index contributed by atoms with van der Waals surface area (Å²) in [6, 6.07) is 16.0. The van der Waals surface area contributed by atoms with E-state index in [0.717, 1.165) is 5.56 Å². The summed E-state index contributed by atoms with van der Waals surface area (Å²) in [5.41, 5.74) is 2.62. The van der Waals surface area contributed by atoms with E-state index in [1.165, 1.54) is 0 Å². The molecule has 0 spiro atoms. The molecule has 220 valence electrons. The number of nitrogens with one attached hydrogen (secondary N) is 1. The van der Waals surface area contributed by atoms with Crippen LogP contribution in [0.3, 0.4) is 0 Å². The van der Waals surface area contributed by atoms with Crippen LogP contribution in [0.25, 0.3) is 0 Å². The van der Waals surface area contributed by atoms with Crippen LogP contribution in [-0.2, 0) is 31.8 Å². The van der Waals surface area contributed by atoms with Crippen LogP contribution >= 0.6 is 34.8 Å². The highest BCUT2D eigenvalue weighted by Gasteiger charge is 2.49. The minimum atomic E-state index is -1.08. The maximum Gasteiger partial charge on any atom is 0.329 e. The largest absolute Gasteiger partial charge is 0.455 e. The number of Topliss-reactive ketones (excluding diaryl/α,β-unsaturated/α-hetero) is 1. The number of aliphatic hydroxyl groups is 1. The molecule has 11 heteroatoms. The Kier molecular flexibility index (Phi) is 9.52. The minimum Gasteiger partial charge on any atom is -0.455 e. The molecule has 0 aromatic heterocycles. The van der Waals surface area contributed by atoms with Gasteiger partial charge in [0.25, 0.3) is 5.91 Å². The van der Waals surface area contributed by atoms with E-state index in [-0.39, 0.29) is 58.0 Å². The van der Waals surface area contributed by atoms with Crippen molar-refractivity contribution in [1.29, 1.82) is 0 Å². The fourth-order valence-electron chi connectivity index (χ4n) is 5.19. The highest BCUT2D eigenvalue weighted by molar-refractivity contribution is 6.39. The molecule has 2 heterocycles. The smallest absolute Gasteiger partial charge is 0.329 e. The predicted molar refractivity (Wildman–Crippen MR) is 157 cm³/mol. The molecule has 0 saturated carbocycles. The third kappa shape index (κ3) is 6.64. The summed E-state index contributed by atoms with van der Waals surface area (Å²) >= 11 is 18.7. The molecule has 5 atom stereocenters. The number of aliphatic hydroxyl groups excluding tert-OH is 1. The third-order valence-electron chi connectivity index (χ3n) is 7.36. The van der Waals surface area contributed by atoms with Gasteiger partial charge < -0.3 is 24.6 Å². The first-order valence-corrected chi connectivity index (χ1v) is 14.5. The SMILES string of the molecule is Cc1cccc(Cl)c1C(=O)NC(Cc1ccc(CC(=O)c2c(Cl)cccc2Cl)cc1)C(=O)O[C@H]1CO[C@H]2[C@@H]1OC[C@@H]2O. The first-order valence-electron chi connectivity index (χ1n) is 13.3. The number of hydrogen-bond acceptors (Lipinski definition) is 7. The Labute approximate surface area is 257 Å². The number of carbonyl (C=O) groups is 3. The van der Waals surface area contributed by atoms with Gasteiger partial charge in [-0.05, 0) is 41.8 Å². The molecule has 3 aromatic carbocycles. The minimum absolute atomic E-state index is 0.0700. The Balaban J connectivity index is 1.32. The van der Waals surface area contributed by atoms with Crippen molar-refractivity contribution in [2.45, 2.75) is 50.2 Å². The molecule has 3 aromatic rings. The van der Waals surface area contributed by atoms with Gasteiger partial charge >= 0.3 is 5.97 Å². The Morgan fingerprint density at radius 2 is 1.48 bits per heavy atom. The van der Waals surface area contributed by atoms with Crippen LogP contribution in [0.4, 0.5) is 0 Å². The summed E-state index contributed by atoms with van der Waals surface area (Å²) in [5, 5.41) is 13.6. The van der Waals surface area contributed by atoms with E-state index < -0.39 is 42.3 Å². The number of carbonyl (C=O) groups excluding carboxylic acids is 3. The van der Waals surface area contributed by atoms with E-state index in [0.29, 0.717) is 11.1 Å². The normalized spacial score (nSPS) is 21.9. The maximum absolute atomic E-state index is 13.4. The highest BCUT2D eigenvalue weighted by atomic mass is 35.5. The van der Waals surface area contributed by atoms with Crippen molar-refractivity contribution < 1.29 is 33.7 Å². The molecule has 2 aliphatic heterocycles. The van der Waals surface area contributed by atoms with E-state index in [4.69, 9.17) is 49.0 Å². The van der Waals surface area contributed by atoms with Crippen LogP contribution in [0.15, 0.2) is 60.7 Å². The zero-order valence-electron chi connectivity index (χ0n) is 22.5. The van der Waals surface area contributed by atoms with Crippen molar-refractivity contribution in [3.63, 3.8) is 0 Å². The number of halogens is 3. The molecule has 2 fully saturated rings. The lowest BCUT2D eigenvalue weighted by atomic mass is 9.99. The van der Waals surface area contributed by atoms with E-state index in [1.54, 1.807) is 67.6 Å². The second-order valence-electron chi connectivity index (χ2n) is 10.3. The van der Waals surface area contributed by atoms with Crippen LogP contribution in [0, 0.1) is 6.92 Å². The predicted octanol–water partition coefficient (Wildman–Crippen LogP) is 4.79. The number of fused-ring (bicyclic) bond motifs is 1. The number of aryl methyl sites for hydroxylation is 1. The van der Waals surface area contributed by atoms with Crippen LogP contribution in [0.5, 0.6) is 0 Å². The van der Waals surface area contributed by atoms with Gasteiger partial charge in [-0.15, -0.1) is 0 Å². The molecule has 0 aliphatic carbocycles. The van der Waals surface area contributed by atoms with Gasteiger partial charge in [-0.1, -0.05) is 77.3 Å². The molecular weight excluding hydrogens is 605 g/mol. The van der Waals surface area contributed by atoms with Gasteiger partial charge in [0.05, 0.1) is 39.4 Å². The number of benzene rings is 3. The van der Waals surface area contributed by atoms with Gasteiger partial charge in [-0.2, -0.15) is 0 Å². The first-order chi connectivity index (χ1) is 20.1. The molecule has 5 rings (SSSR count). The molecule has 1 amide bonds. The zero-order chi connectivity index (χ0) is 30.0. The average molecular weight is 633 g/mol. The molecule has 0 bridgehead atoms. The Morgan fingerprint density at radius 3 is 2.14 bits per heavy atom. The van der Waals surface area contributed by atoms with E-state index in [9.17, 15) is 19.5 Å². The lowest BCUT2D eigenvalue weighted by Gasteiger charge is -2.23. The quantitative estimate of drug-likeness (QED) is 0.258. The van der Waals surface area contributed by atoms with Crippen LogP contribution in [0.1, 0.15) is 37.4 Å². The summed E-state index contributed by atoms with van der Waals surface area (Å²) in [4.78, 5) is 39.6. The van der Waals surface area contributed by atoms with Gasteiger partial charge in [0.2, 0.25) is 0 Å². The van der Waals surface area contributed by atoms with Gasteiger partial charge in [0.15, 0.2) is 11.9 Å². The fourth-order valence-corrected chi connectivity index (χ4v) is 6.10. The Morgan fingerprint density at radius 1 is 0.881 bits per heavy atom. The summed E-state index contributed by atoms with van der Waals surface area (Å²) in [7, 11) is 0. The summed E-state index contributed by atoms with van der Waals surface area (Å²) in [6.45, 7) is 1.91. The van der Waals surface area contributed by atoms with E-state index in [1.807, 2.05) is 0 Å². The lowest BCUT2D eigenvalue weighted by Crippen LogP contribution is -2.46. The van der Waals surface area contributed by atoms with Crippen molar-refractivity contribution in [3.8, 4) is 0 Å². The van der Waals surface area contributed by atoms with Gasteiger partial charge in [0.1, 0.15) is 24.4 Å². The molecule has 2 N–H and O–H groups in total. The number of hydrogen-bond donors (Lipinski definition) is 2. The van der Waals surface area contributed by atoms with Crippen molar-refractivity contribution in [3.05, 3.63) is 104 Å². The average Bonchev–Trinajstić information content (AvgIpc) is 3.51. The zero-order valence-corrected chi connectivity index (χ0v) is 24.8. The van der Waals surface area contributed by atoms with E-state index in [2.05, 4.69) is 5.32 Å². The monoisotopic (exact) mass is 631 g/mol. The number of amides is 1. The Bertz CT molecular complexity index is 1460. The molecule has 0 radical (unpaired) electrons. The number of ketones is 1. The molecule has 42 heavy (non-hydrogen) atoms. The topological polar surface area (TPSA) is 111 Å². The second-order valence-corrected chi connectivity index (χ2v) is 11.5. The van der Waals surface area contributed by atoms with Crippen molar-refractivity contribution in [1.82, 2.24) is 5.32 Å². The number of ether oxygens (including phenoxy) is 3. The number of rotatable bonds is 9. The van der Waals surface area contributed by atoms with Gasteiger partial charge in [-0.25, -0.2) is 4.79 Å². The van der Waals surface area contributed by atoms with Crippen molar-refractivity contribution in [2.24, 2.45) is 0 Å². The highest BCUT2D eigenvalue weighted by Crippen LogP contribution is 2.30. The summed E-state index contributed by atoms with van der Waals surface area (Å²) in [6.07, 6.45) is -2.51. The maximum atomic E-state index is 13.4. The van der Waals surface area contributed by atoms with Crippen LogP contribution in [0.2, 0.25) is 15.1 Å². The van der Waals surface area contributed by atoms with Crippen molar-refractivity contribution in [2.75, 3.05) is 13.2 Å². The standard InChI is InChI=1S/C31H28Cl3NO7/c1-16-4-2-5-19(32)26(16)30(38)35-22(31(39)42-25-15-41-28-24(37)14-40-29(25)28)12-17-8-10-18(11-9-17)13-23(36)27-20(33)6-3-7-21(27)34/h2-11,22,24-25,28-29,37H,12-15H2,1H3,(H,35,38)/t22?,24-,25-,28+,29+/m0/s1. The van der Waals surface area contributed by atoms with E-state index >= 15 is 0 Å². The van der Waals surface area contributed by atoms with Crippen molar-refractivity contribution >= 4 is 52.5 Å². The first kappa shape index (κ1) is 30.5. The number of esters is 1. The van der Waals surface area contributed by atoms with Gasteiger partial charge in [-0.3, -0.25) is 9.59 Å². The van der Waals surface area contributed by atoms with Crippen LogP contribution < -0.4 is 5.32 Å². The molecule has 1 unspecified atom stereocenters. The second kappa shape index (κ2) is 13.1. The van der Waals surface area contributed by atoms with Crippen LogP contribution in [-0.4, -0.2) is 66.4 Å². The third-order valence-corrected chi connectivity index (χ3v) is 8.30. The molecule has 2 saturated heterocycles. The van der Waals surface area contributed by atoms with Gasteiger partial charge in [0, 0.05) is 12.8 Å². The molecule has 2 aliphatic rings. The lowest BCUT2D eigenvalue weighted by molar-refractivity contribution is -0.156.